The molecule has 0 saturated carbocycles. The largest absolute Gasteiger partial charge is 0.493 e. The van der Waals surface area contributed by atoms with Crippen LogP contribution in [0.5, 0.6) is 0 Å². The number of carbonyl (C=O) groups excluding carboxylic acids is 1. The summed E-state index contributed by atoms with van der Waals surface area (Å²) in [5, 5.41) is 0.833. The first-order valence-electron chi connectivity index (χ1n) is 10.3. The molecule has 9 heteroatoms. The first kappa shape index (κ1) is 23.4. The Hall–Kier alpha value is -3.75. The summed E-state index contributed by atoms with van der Waals surface area (Å²) in [4.78, 5) is 21.5. The first-order chi connectivity index (χ1) is 16.1. The van der Waals surface area contributed by atoms with E-state index in [1.807, 2.05) is 0 Å². The summed E-state index contributed by atoms with van der Waals surface area (Å²) in [7, 11) is 0. The second kappa shape index (κ2) is 8.89. The molecule has 0 N–H and O–H groups in total. The van der Waals surface area contributed by atoms with Crippen LogP contribution < -0.4 is 0 Å². The van der Waals surface area contributed by atoms with Gasteiger partial charge in [0, 0.05) is 6.42 Å². The van der Waals surface area contributed by atoms with Crippen molar-refractivity contribution in [3.63, 3.8) is 0 Å². The molecule has 0 saturated heterocycles. The van der Waals surface area contributed by atoms with E-state index in [4.69, 9.17) is 9.83 Å². The maximum Gasteiger partial charge on any atom is 0.493 e. The fourth-order valence-electron chi connectivity index (χ4n) is 4.05. The number of carbonyl (C=O) groups is 1. The fourth-order valence-corrected chi connectivity index (χ4v) is 4.05. The van der Waals surface area contributed by atoms with Crippen LogP contribution in [0.15, 0.2) is 83.9 Å². The Morgan fingerprint density at radius 2 is 1.59 bits per heavy atom. The molecule has 4 rings (SSSR count). The summed E-state index contributed by atoms with van der Waals surface area (Å²) in [6.07, 6.45) is -5.45. The summed E-state index contributed by atoms with van der Waals surface area (Å²) < 4.78 is 66.7. The summed E-state index contributed by atoms with van der Waals surface area (Å²) >= 11 is 0. The molecule has 0 amide bonds. The van der Waals surface area contributed by atoms with Gasteiger partial charge in [-0.1, -0.05) is 66.7 Å². The van der Waals surface area contributed by atoms with Gasteiger partial charge in [0.15, 0.2) is 11.6 Å². The van der Waals surface area contributed by atoms with Gasteiger partial charge in [0.05, 0.1) is 0 Å². The van der Waals surface area contributed by atoms with E-state index in [0.717, 1.165) is 17.2 Å². The lowest BCUT2D eigenvalue weighted by atomic mass is 9.82. The predicted octanol–water partition coefficient (Wildman–Crippen LogP) is 5.90. The van der Waals surface area contributed by atoms with Crippen LogP contribution in [0.4, 0.5) is 22.0 Å². The van der Waals surface area contributed by atoms with Crippen molar-refractivity contribution in [2.45, 2.75) is 31.1 Å². The number of hydrogen-bond acceptors (Lipinski definition) is 4. The molecule has 4 nitrogen and oxygen atoms in total. The van der Waals surface area contributed by atoms with Gasteiger partial charge in [-0.2, -0.15) is 18.2 Å². The van der Waals surface area contributed by atoms with Crippen LogP contribution in [0.3, 0.4) is 0 Å². The van der Waals surface area contributed by atoms with E-state index in [0.29, 0.717) is 11.1 Å². The van der Waals surface area contributed by atoms with E-state index in [2.05, 4.69) is 0 Å². The fraction of sp³-hybridized carbons (Fsp3) is 0.200. The summed E-state index contributed by atoms with van der Waals surface area (Å²) in [5.74, 6) is -4.62. The number of halogens is 5. The normalized spacial score (nSPS) is 20.2. The Morgan fingerprint density at radius 3 is 2.18 bits per heavy atom. The number of aliphatic imine (C=N–C) groups is 1. The quantitative estimate of drug-likeness (QED) is 0.433. The van der Waals surface area contributed by atoms with Gasteiger partial charge >= 0.3 is 12.1 Å². The second-order valence-electron chi connectivity index (χ2n) is 7.98. The highest BCUT2D eigenvalue weighted by Crippen LogP contribution is 2.48. The number of amidine groups is 1. The minimum absolute atomic E-state index is 0.0381. The minimum Gasteiger partial charge on any atom is -0.330 e. The molecular formula is C25H19F5N2O2. The summed E-state index contributed by atoms with van der Waals surface area (Å²) in [6.45, 7) is 1.71. The molecule has 1 aliphatic rings. The molecule has 1 heterocycles. The molecule has 0 bridgehead atoms. The summed E-state index contributed by atoms with van der Waals surface area (Å²) in [6, 6.07) is 19.6. The summed E-state index contributed by atoms with van der Waals surface area (Å²) in [5.41, 5.74) is 0.294. The number of hydroxylamine groups is 2. The van der Waals surface area contributed by atoms with E-state index < -0.39 is 35.4 Å². The first-order valence-corrected chi connectivity index (χ1v) is 10.3. The highest BCUT2D eigenvalue weighted by molar-refractivity contribution is 5.88. The number of rotatable bonds is 5. The highest BCUT2D eigenvalue weighted by atomic mass is 19.4. The third-order valence-electron chi connectivity index (χ3n) is 5.62. The molecule has 0 radical (unpaired) electrons. The van der Waals surface area contributed by atoms with Gasteiger partial charge in [-0.25, -0.2) is 13.6 Å². The topological polar surface area (TPSA) is 41.9 Å². The third kappa shape index (κ3) is 4.50. The average molecular weight is 474 g/mol. The molecule has 0 aromatic heterocycles. The number of benzene rings is 3. The van der Waals surface area contributed by atoms with Crippen molar-refractivity contribution in [3.05, 3.63) is 107 Å². The Balaban J connectivity index is 1.85. The lowest BCUT2D eigenvalue weighted by molar-refractivity contribution is -0.231. The highest BCUT2D eigenvalue weighted by Gasteiger charge is 2.52. The van der Waals surface area contributed by atoms with Gasteiger partial charge in [-0.15, -0.1) is 0 Å². The Bertz CT molecular complexity index is 1210. The Labute approximate surface area is 192 Å². The van der Waals surface area contributed by atoms with Gasteiger partial charge in [0.1, 0.15) is 17.4 Å². The molecule has 2 atom stereocenters. The number of nitrogens with zero attached hydrogens (tertiary/aromatic N) is 2. The number of alkyl halides is 3. The molecule has 34 heavy (non-hydrogen) atoms. The molecule has 3 aromatic rings. The molecule has 0 aliphatic carbocycles. The smallest absolute Gasteiger partial charge is 0.330 e. The van der Waals surface area contributed by atoms with Gasteiger partial charge in [-0.3, -0.25) is 4.99 Å². The monoisotopic (exact) mass is 474 g/mol. The van der Waals surface area contributed by atoms with Crippen LogP contribution in [0.1, 0.15) is 29.7 Å². The third-order valence-corrected chi connectivity index (χ3v) is 5.62. The van der Waals surface area contributed by atoms with Crippen LogP contribution in [0, 0.1) is 11.6 Å². The molecule has 0 fully saturated rings. The van der Waals surface area contributed by atoms with Crippen LogP contribution in [-0.2, 0) is 21.6 Å². The predicted molar refractivity (Wildman–Crippen MR) is 114 cm³/mol. The zero-order chi connectivity index (χ0) is 24.5. The second-order valence-corrected chi connectivity index (χ2v) is 7.98. The lowest BCUT2D eigenvalue weighted by Crippen LogP contribution is -2.42. The number of hydrogen-bond donors (Lipinski definition) is 0. The minimum atomic E-state index is -5.25. The van der Waals surface area contributed by atoms with Crippen molar-refractivity contribution in [3.8, 4) is 0 Å². The maximum absolute atomic E-state index is 13.8. The van der Waals surface area contributed by atoms with E-state index in [-0.39, 0.29) is 17.8 Å². The molecule has 1 aliphatic heterocycles. The lowest BCUT2D eigenvalue weighted by Gasteiger charge is -2.34. The zero-order valence-corrected chi connectivity index (χ0v) is 17.9. The Morgan fingerprint density at radius 1 is 0.971 bits per heavy atom. The van der Waals surface area contributed by atoms with Crippen LogP contribution >= 0.6 is 0 Å². The van der Waals surface area contributed by atoms with Crippen LogP contribution in [-0.4, -0.2) is 23.0 Å². The van der Waals surface area contributed by atoms with Crippen molar-refractivity contribution >= 4 is 11.8 Å². The SMILES string of the molecule is CC1(c2ccccc2)N=C(Cc2ccc(F)c(F)c2)N(OC(=O)C(F)(F)F)C1c1ccccc1. The van der Waals surface area contributed by atoms with Gasteiger partial charge in [0.25, 0.3) is 0 Å². The van der Waals surface area contributed by atoms with Crippen molar-refractivity contribution in [1.29, 1.82) is 0 Å². The van der Waals surface area contributed by atoms with Crippen molar-refractivity contribution in [2.24, 2.45) is 4.99 Å². The molecule has 2 unspecified atom stereocenters. The zero-order valence-electron chi connectivity index (χ0n) is 17.9. The molecule has 0 spiro atoms. The van der Waals surface area contributed by atoms with E-state index >= 15 is 0 Å². The van der Waals surface area contributed by atoms with E-state index in [1.165, 1.54) is 6.07 Å². The van der Waals surface area contributed by atoms with E-state index in [1.54, 1.807) is 67.6 Å². The Kier molecular flexibility index (Phi) is 6.12. The van der Waals surface area contributed by atoms with Crippen molar-refractivity contribution in [2.75, 3.05) is 0 Å². The van der Waals surface area contributed by atoms with Crippen molar-refractivity contribution < 1.29 is 31.6 Å². The van der Waals surface area contributed by atoms with E-state index in [9.17, 15) is 26.7 Å². The van der Waals surface area contributed by atoms with Crippen LogP contribution in [0.2, 0.25) is 0 Å². The molecule has 176 valence electrons. The maximum atomic E-state index is 13.8. The average Bonchev–Trinajstić information content (AvgIpc) is 3.08. The van der Waals surface area contributed by atoms with Crippen molar-refractivity contribution in [1.82, 2.24) is 5.06 Å². The van der Waals surface area contributed by atoms with Gasteiger partial charge < -0.3 is 4.84 Å². The van der Waals surface area contributed by atoms with Crippen LogP contribution in [0.25, 0.3) is 0 Å². The standard InChI is InChI=1S/C25H19F5N2O2/c1-24(18-10-6-3-7-11-18)22(17-8-4-2-5-9-17)32(34-23(33)25(28,29)30)21(31-24)15-16-12-13-19(26)20(27)14-16/h2-14,22H,15H2,1H3. The van der Waals surface area contributed by atoms with Gasteiger partial charge in [0.2, 0.25) is 0 Å². The van der Waals surface area contributed by atoms with Gasteiger partial charge in [-0.05, 0) is 35.7 Å². The molecule has 3 aromatic carbocycles. The molecular weight excluding hydrogens is 455 g/mol.